The third-order valence-corrected chi connectivity index (χ3v) is 12.3. The fourth-order valence-corrected chi connectivity index (χ4v) is 9.66. The van der Waals surface area contributed by atoms with Crippen molar-refractivity contribution in [2.45, 2.75) is 0 Å². The molecule has 0 saturated carbocycles. The standard InChI is InChI=1S/C51H30N4S/c1-3-13-33-25-37(23-21-31(33)11-1)49-52-50(38-24-22-32-12-2-4-14-34(32)26-38)54-51(53-49)43-29-39(30-47-48(43)41-18-8-10-20-46(41)56-47)55-44-19-9-7-17-40(44)42-27-35-15-5-6-16-36(35)28-45(42)55/h1-30H. The molecular weight excluding hydrogens is 701 g/mol. The van der Waals surface area contributed by atoms with Gasteiger partial charge in [-0.2, -0.15) is 0 Å². The summed E-state index contributed by atoms with van der Waals surface area (Å²) in [6.07, 6.45) is 0. The molecule has 0 spiro atoms. The Hall–Kier alpha value is -7.21. The van der Waals surface area contributed by atoms with Crippen LogP contribution >= 0.6 is 11.3 Å². The van der Waals surface area contributed by atoms with Gasteiger partial charge in [-0.1, -0.05) is 133 Å². The first-order valence-electron chi connectivity index (χ1n) is 18.8. The van der Waals surface area contributed by atoms with Crippen LogP contribution in [-0.4, -0.2) is 19.5 Å². The molecule has 0 radical (unpaired) electrons. The Balaban J connectivity index is 1.17. The van der Waals surface area contributed by atoms with Gasteiger partial charge in [0, 0.05) is 53.3 Å². The number of benzene rings is 9. The molecule has 0 atom stereocenters. The fourth-order valence-electron chi connectivity index (χ4n) is 8.49. The first kappa shape index (κ1) is 31.2. The molecular formula is C51H30N4S. The molecule has 0 aliphatic rings. The van der Waals surface area contributed by atoms with E-state index in [9.17, 15) is 0 Å². The second kappa shape index (κ2) is 12.2. The molecule has 5 heteroatoms. The molecule has 0 saturated heterocycles. The monoisotopic (exact) mass is 730 g/mol. The highest BCUT2D eigenvalue weighted by atomic mass is 32.1. The van der Waals surface area contributed by atoms with Crippen LogP contribution in [0.5, 0.6) is 0 Å². The summed E-state index contributed by atoms with van der Waals surface area (Å²) >= 11 is 1.81. The van der Waals surface area contributed by atoms with Crippen LogP contribution in [0.25, 0.3) is 114 Å². The van der Waals surface area contributed by atoms with Gasteiger partial charge in [0.15, 0.2) is 17.5 Å². The number of thiophene rings is 1. The Labute approximate surface area is 325 Å². The van der Waals surface area contributed by atoms with Crippen LogP contribution in [0.3, 0.4) is 0 Å². The number of hydrogen-bond donors (Lipinski definition) is 0. The summed E-state index contributed by atoms with van der Waals surface area (Å²) < 4.78 is 4.83. The summed E-state index contributed by atoms with van der Waals surface area (Å²) in [5.41, 5.74) is 6.28. The van der Waals surface area contributed by atoms with Crippen molar-refractivity contribution in [3.05, 3.63) is 182 Å². The van der Waals surface area contributed by atoms with E-state index in [1.165, 1.54) is 52.6 Å². The van der Waals surface area contributed by atoms with Gasteiger partial charge in [0.2, 0.25) is 0 Å². The van der Waals surface area contributed by atoms with Gasteiger partial charge in [-0.15, -0.1) is 11.3 Å². The van der Waals surface area contributed by atoms with Gasteiger partial charge in [-0.05, 0) is 80.8 Å². The second-order valence-electron chi connectivity index (χ2n) is 14.5. The summed E-state index contributed by atoms with van der Waals surface area (Å²) in [6.45, 7) is 0. The Kier molecular flexibility index (Phi) is 6.76. The maximum atomic E-state index is 5.37. The molecule has 3 aromatic heterocycles. The van der Waals surface area contributed by atoms with Crippen LogP contribution in [0.1, 0.15) is 0 Å². The lowest BCUT2D eigenvalue weighted by Crippen LogP contribution is -2.02. The van der Waals surface area contributed by atoms with E-state index >= 15 is 0 Å². The minimum Gasteiger partial charge on any atom is -0.309 e. The number of para-hydroxylation sites is 1. The quantitative estimate of drug-likeness (QED) is 0.181. The summed E-state index contributed by atoms with van der Waals surface area (Å²) in [6, 6.07) is 65.1. The van der Waals surface area contributed by atoms with Crippen molar-refractivity contribution in [2.24, 2.45) is 0 Å². The number of aromatic nitrogens is 4. The van der Waals surface area contributed by atoms with E-state index in [0.717, 1.165) is 44.1 Å². The third kappa shape index (κ3) is 4.88. The lowest BCUT2D eigenvalue weighted by atomic mass is 10.0. The van der Waals surface area contributed by atoms with Gasteiger partial charge in [0.1, 0.15) is 0 Å². The molecule has 0 aliphatic carbocycles. The van der Waals surface area contributed by atoms with Crippen LogP contribution in [-0.2, 0) is 0 Å². The van der Waals surface area contributed by atoms with Crippen molar-refractivity contribution in [1.29, 1.82) is 0 Å². The van der Waals surface area contributed by atoms with Crippen molar-refractivity contribution in [3.8, 4) is 39.9 Å². The molecule has 4 nitrogen and oxygen atoms in total. The largest absolute Gasteiger partial charge is 0.309 e. The van der Waals surface area contributed by atoms with E-state index in [-0.39, 0.29) is 0 Å². The normalized spacial score (nSPS) is 11.9. The van der Waals surface area contributed by atoms with Gasteiger partial charge in [-0.3, -0.25) is 0 Å². The SMILES string of the molecule is c1ccc2cc(-c3nc(-c4ccc5ccccc5c4)nc(-c4cc(-n5c6ccccc6c6cc7ccccc7cc65)cc5sc6ccccc6c45)n3)ccc2c1. The maximum absolute atomic E-state index is 5.37. The van der Waals surface area contributed by atoms with E-state index in [1.54, 1.807) is 0 Å². The third-order valence-electron chi connectivity index (χ3n) is 11.2. The average molecular weight is 731 g/mol. The summed E-state index contributed by atoms with van der Waals surface area (Å²) in [5.74, 6) is 1.93. The van der Waals surface area contributed by atoms with Gasteiger partial charge in [-0.25, -0.2) is 15.0 Å². The Morgan fingerprint density at radius 2 is 0.893 bits per heavy atom. The Bertz CT molecular complexity index is 3460. The second-order valence-corrected chi connectivity index (χ2v) is 15.5. The molecule has 0 unspecified atom stereocenters. The molecule has 0 fully saturated rings. The predicted octanol–water partition coefficient (Wildman–Crippen LogP) is 13.8. The average Bonchev–Trinajstić information content (AvgIpc) is 3.80. The Morgan fingerprint density at radius 3 is 1.57 bits per heavy atom. The van der Waals surface area contributed by atoms with E-state index in [4.69, 9.17) is 15.0 Å². The number of fused-ring (bicyclic) bond motifs is 9. The molecule has 56 heavy (non-hydrogen) atoms. The van der Waals surface area contributed by atoms with Crippen LogP contribution in [0.4, 0.5) is 0 Å². The molecule has 0 bridgehead atoms. The van der Waals surface area contributed by atoms with Crippen molar-refractivity contribution in [2.75, 3.05) is 0 Å². The molecule has 0 amide bonds. The van der Waals surface area contributed by atoms with E-state index < -0.39 is 0 Å². The molecule has 0 N–H and O–H groups in total. The molecule has 260 valence electrons. The van der Waals surface area contributed by atoms with Crippen LogP contribution in [0.15, 0.2) is 182 Å². The van der Waals surface area contributed by atoms with Crippen LogP contribution in [0, 0.1) is 0 Å². The highest BCUT2D eigenvalue weighted by Gasteiger charge is 2.21. The summed E-state index contributed by atoms with van der Waals surface area (Å²) in [7, 11) is 0. The zero-order valence-corrected chi connectivity index (χ0v) is 30.8. The van der Waals surface area contributed by atoms with Crippen molar-refractivity contribution < 1.29 is 0 Å². The van der Waals surface area contributed by atoms with Crippen molar-refractivity contribution >= 4 is 85.6 Å². The number of hydrogen-bond acceptors (Lipinski definition) is 4. The van der Waals surface area contributed by atoms with Crippen molar-refractivity contribution in [3.63, 3.8) is 0 Å². The zero-order valence-electron chi connectivity index (χ0n) is 30.0. The minimum atomic E-state index is 0.644. The molecule has 3 heterocycles. The predicted molar refractivity (Wildman–Crippen MR) is 236 cm³/mol. The van der Waals surface area contributed by atoms with E-state index in [2.05, 4.69) is 187 Å². The molecule has 12 aromatic rings. The van der Waals surface area contributed by atoms with E-state index in [1.807, 2.05) is 11.3 Å². The highest BCUT2D eigenvalue weighted by Crippen LogP contribution is 2.43. The topological polar surface area (TPSA) is 43.6 Å². The first-order chi connectivity index (χ1) is 27.7. The zero-order chi connectivity index (χ0) is 36.7. The minimum absolute atomic E-state index is 0.644. The molecule has 9 aromatic carbocycles. The van der Waals surface area contributed by atoms with Gasteiger partial charge in [0.05, 0.1) is 11.0 Å². The van der Waals surface area contributed by atoms with Gasteiger partial charge in [0.25, 0.3) is 0 Å². The Morgan fingerprint density at radius 1 is 0.357 bits per heavy atom. The fraction of sp³-hybridized carbons (Fsp3) is 0. The van der Waals surface area contributed by atoms with Gasteiger partial charge >= 0.3 is 0 Å². The molecule has 0 aliphatic heterocycles. The first-order valence-corrected chi connectivity index (χ1v) is 19.7. The van der Waals surface area contributed by atoms with Gasteiger partial charge < -0.3 is 4.57 Å². The van der Waals surface area contributed by atoms with Crippen molar-refractivity contribution in [1.82, 2.24) is 19.5 Å². The number of nitrogens with zero attached hydrogens (tertiary/aromatic N) is 4. The maximum Gasteiger partial charge on any atom is 0.164 e. The summed E-state index contributed by atoms with van der Waals surface area (Å²) in [4.78, 5) is 15.9. The van der Waals surface area contributed by atoms with E-state index in [0.29, 0.717) is 17.5 Å². The lowest BCUT2D eigenvalue weighted by molar-refractivity contribution is 1.08. The lowest BCUT2D eigenvalue weighted by Gasteiger charge is -2.14. The highest BCUT2D eigenvalue weighted by molar-refractivity contribution is 7.26. The smallest absolute Gasteiger partial charge is 0.164 e. The molecule has 12 rings (SSSR count). The van der Waals surface area contributed by atoms with Crippen LogP contribution < -0.4 is 0 Å². The number of rotatable bonds is 4. The summed E-state index contributed by atoms with van der Waals surface area (Å²) in [5, 5.41) is 11.9. The van der Waals surface area contributed by atoms with Crippen LogP contribution in [0.2, 0.25) is 0 Å².